The maximum absolute atomic E-state index is 12.3. The van der Waals surface area contributed by atoms with Crippen LogP contribution >= 0.6 is 11.6 Å². The number of anilines is 1. The molecular weight excluding hydrogens is 322 g/mol. The Kier molecular flexibility index (Phi) is 3.54. The number of aryl methyl sites for hydroxylation is 1. The van der Waals surface area contributed by atoms with Crippen LogP contribution in [0.25, 0.3) is 21.8 Å². The van der Waals surface area contributed by atoms with Gasteiger partial charge in [0.1, 0.15) is 0 Å². The zero-order chi connectivity index (χ0) is 16.7. The van der Waals surface area contributed by atoms with Crippen molar-refractivity contribution in [3.05, 3.63) is 75.2 Å². The monoisotopic (exact) mass is 337 g/mol. The van der Waals surface area contributed by atoms with Gasteiger partial charge in [0.25, 0.3) is 5.56 Å². The van der Waals surface area contributed by atoms with Crippen molar-refractivity contribution in [1.29, 1.82) is 0 Å². The lowest BCUT2D eigenvalue weighted by atomic mass is 10.1. The van der Waals surface area contributed by atoms with Crippen molar-refractivity contribution in [3.8, 4) is 0 Å². The zero-order valence-electron chi connectivity index (χ0n) is 13.1. The molecule has 0 atom stereocenters. The smallest absolute Gasteiger partial charge is 0.253 e. The normalized spacial score (nSPS) is 11.2. The minimum absolute atomic E-state index is 0.0855. The van der Waals surface area contributed by atoms with E-state index in [0.29, 0.717) is 17.1 Å². The molecule has 0 aliphatic heterocycles. The Bertz CT molecular complexity index is 1110. The Morgan fingerprint density at radius 3 is 2.79 bits per heavy atom. The number of pyridine rings is 1. The highest BCUT2D eigenvalue weighted by Crippen LogP contribution is 2.23. The highest BCUT2D eigenvalue weighted by molar-refractivity contribution is 6.31. The summed E-state index contributed by atoms with van der Waals surface area (Å²) < 4.78 is 0. The summed E-state index contributed by atoms with van der Waals surface area (Å²) in [7, 11) is 0. The van der Waals surface area contributed by atoms with E-state index in [1.54, 1.807) is 6.07 Å². The number of hydrogen-bond donors (Lipinski definition) is 3. The predicted octanol–water partition coefficient (Wildman–Crippen LogP) is 4.58. The molecule has 4 rings (SSSR count). The maximum atomic E-state index is 12.3. The molecule has 120 valence electrons. The van der Waals surface area contributed by atoms with Crippen molar-refractivity contribution in [3.63, 3.8) is 0 Å². The molecule has 0 bridgehead atoms. The first-order valence-electron chi connectivity index (χ1n) is 7.73. The molecule has 4 aromatic rings. The van der Waals surface area contributed by atoms with Crippen molar-refractivity contribution in [2.24, 2.45) is 0 Å². The van der Waals surface area contributed by atoms with Crippen molar-refractivity contribution in [1.82, 2.24) is 9.97 Å². The summed E-state index contributed by atoms with van der Waals surface area (Å²) in [5.74, 6) is 0. The summed E-state index contributed by atoms with van der Waals surface area (Å²) >= 11 is 6.04. The molecule has 0 fully saturated rings. The van der Waals surface area contributed by atoms with Gasteiger partial charge < -0.3 is 15.3 Å². The molecule has 2 aromatic carbocycles. The average Bonchev–Trinajstić information content (AvgIpc) is 3.00. The molecule has 0 saturated carbocycles. The molecular formula is C19H16ClN3O. The Balaban J connectivity index is 1.67. The second-order valence-electron chi connectivity index (χ2n) is 5.94. The summed E-state index contributed by atoms with van der Waals surface area (Å²) in [6, 6.07) is 13.6. The third-order valence-corrected chi connectivity index (χ3v) is 4.49. The summed E-state index contributed by atoms with van der Waals surface area (Å²) in [5, 5.41) is 6.09. The highest BCUT2D eigenvalue weighted by atomic mass is 35.5. The molecule has 0 amide bonds. The quantitative estimate of drug-likeness (QED) is 0.512. The van der Waals surface area contributed by atoms with Gasteiger partial charge in [0.15, 0.2) is 0 Å². The third-order valence-electron chi connectivity index (χ3n) is 4.25. The number of aromatic nitrogens is 2. The van der Waals surface area contributed by atoms with Crippen LogP contribution in [0.2, 0.25) is 5.02 Å². The maximum Gasteiger partial charge on any atom is 0.253 e. The standard InChI is InChI=1S/C19H16ClN3O/c1-11-6-18-12(4-5-21-18)9-17(11)22-10-14-7-13-8-15(20)2-3-16(13)23-19(14)24/h2-9,21-22H,10H2,1H3,(H,23,24). The first-order chi connectivity index (χ1) is 11.6. The van der Waals surface area contributed by atoms with E-state index < -0.39 is 0 Å². The minimum atomic E-state index is -0.0855. The van der Waals surface area contributed by atoms with Crippen LogP contribution in [0.4, 0.5) is 5.69 Å². The molecule has 0 aliphatic carbocycles. The number of H-pyrrole nitrogens is 2. The van der Waals surface area contributed by atoms with E-state index in [-0.39, 0.29) is 5.56 Å². The topological polar surface area (TPSA) is 60.7 Å². The molecule has 24 heavy (non-hydrogen) atoms. The van der Waals surface area contributed by atoms with Crippen LogP contribution in [0.15, 0.2) is 53.5 Å². The van der Waals surface area contributed by atoms with E-state index in [4.69, 9.17) is 11.6 Å². The number of hydrogen-bond acceptors (Lipinski definition) is 2. The van der Waals surface area contributed by atoms with Crippen LogP contribution in [0, 0.1) is 6.92 Å². The summed E-state index contributed by atoms with van der Waals surface area (Å²) in [6.45, 7) is 2.50. The van der Waals surface area contributed by atoms with Crippen LogP contribution < -0.4 is 10.9 Å². The van der Waals surface area contributed by atoms with Crippen LogP contribution in [0.1, 0.15) is 11.1 Å². The Hall–Kier alpha value is -2.72. The Morgan fingerprint density at radius 1 is 1.04 bits per heavy atom. The zero-order valence-corrected chi connectivity index (χ0v) is 13.9. The van der Waals surface area contributed by atoms with Gasteiger partial charge in [0.2, 0.25) is 0 Å². The molecule has 0 spiro atoms. The second kappa shape index (κ2) is 5.73. The van der Waals surface area contributed by atoms with E-state index >= 15 is 0 Å². The number of halogens is 1. The Morgan fingerprint density at radius 2 is 1.92 bits per heavy atom. The van der Waals surface area contributed by atoms with E-state index in [1.807, 2.05) is 37.4 Å². The average molecular weight is 338 g/mol. The van der Waals surface area contributed by atoms with Gasteiger partial charge in [-0.25, -0.2) is 0 Å². The van der Waals surface area contributed by atoms with Gasteiger partial charge in [-0.1, -0.05) is 11.6 Å². The predicted molar refractivity (Wildman–Crippen MR) is 99.9 cm³/mol. The van der Waals surface area contributed by atoms with Gasteiger partial charge >= 0.3 is 0 Å². The number of nitrogens with one attached hydrogen (secondary N) is 3. The van der Waals surface area contributed by atoms with Gasteiger partial charge in [-0.2, -0.15) is 0 Å². The fraction of sp³-hybridized carbons (Fsp3) is 0.105. The van der Waals surface area contributed by atoms with Crippen LogP contribution in [-0.2, 0) is 6.54 Å². The third kappa shape index (κ3) is 2.65. The molecule has 4 nitrogen and oxygen atoms in total. The molecule has 2 aromatic heterocycles. The van der Waals surface area contributed by atoms with E-state index in [9.17, 15) is 4.79 Å². The molecule has 0 saturated heterocycles. The largest absolute Gasteiger partial charge is 0.381 e. The fourth-order valence-electron chi connectivity index (χ4n) is 2.94. The minimum Gasteiger partial charge on any atom is -0.381 e. The highest BCUT2D eigenvalue weighted by Gasteiger charge is 2.06. The molecule has 5 heteroatoms. The number of aromatic amines is 2. The second-order valence-corrected chi connectivity index (χ2v) is 6.38. The molecule has 0 aliphatic rings. The van der Waals surface area contributed by atoms with Gasteiger partial charge in [0.05, 0.1) is 0 Å². The van der Waals surface area contributed by atoms with Crippen LogP contribution in [0.5, 0.6) is 0 Å². The Labute approximate surface area is 143 Å². The lowest BCUT2D eigenvalue weighted by Gasteiger charge is -2.10. The van der Waals surface area contributed by atoms with E-state index in [0.717, 1.165) is 33.1 Å². The molecule has 0 radical (unpaired) electrons. The van der Waals surface area contributed by atoms with Gasteiger partial charge in [-0.05, 0) is 55.0 Å². The van der Waals surface area contributed by atoms with E-state index in [2.05, 4.69) is 27.4 Å². The first kappa shape index (κ1) is 14.8. The number of benzene rings is 2. The summed E-state index contributed by atoms with van der Waals surface area (Å²) in [5.41, 5.74) is 4.64. The van der Waals surface area contributed by atoms with E-state index in [1.165, 1.54) is 0 Å². The van der Waals surface area contributed by atoms with Crippen molar-refractivity contribution >= 4 is 39.1 Å². The number of rotatable bonds is 3. The lowest BCUT2D eigenvalue weighted by Crippen LogP contribution is -2.15. The molecule has 3 N–H and O–H groups in total. The summed E-state index contributed by atoms with van der Waals surface area (Å²) in [6.07, 6.45) is 1.92. The van der Waals surface area contributed by atoms with Crippen molar-refractivity contribution in [2.75, 3.05) is 5.32 Å². The molecule has 2 heterocycles. The SMILES string of the molecule is Cc1cc2[nH]ccc2cc1NCc1cc2cc(Cl)ccc2[nH]c1=O. The van der Waals surface area contributed by atoms with Gasteiger partial charge in [-0.3, -0.25) is 4.79 Å². The first-order valence-corrected chi connectivity index (χ1v) is 8.11. The van der Waals surface area contributed by atoms with Crippen molar-refractivity contribution in [2.45, 2.75) is 13.5 Å². The van der Waals surface area contributed by atoms with Crippen molar-refractivity contribution < 1.29 is 0 Å². The molecule has 0 unspecified atom stereocenters. The van der Waals surface area contributed by atoms with Crippen LogP contribution in [0.3, 0.4) is 0 Å². The fourth-order valence-corrected chi connectivity index (χ4v) is 3.12. The van der Waals surface area contributed by atoms with Crippen LogP contribution in [-0.4, -0.2) is 9.97 Å². The summed E-state index contributed by atoms with van der Waals surface area (Å²) in [4.78, 5) is 18.4. The van der Waals surface area contributed by atoms with Gasteiger partial charge in [0, 0.05) is 50.8 Å². The lowest BCUT2D eigenvalue weighted by molar-refractivity contribution is 1.09. The van der Waals surface area contributed by atoms with Gasteiger partial charge in [-0.15, -0.1) is 0 Å². The number of fused-ring (bicyclic) bond motifs is 2.